The maximum absolute atomic E-state index is 11.8. The molecule has 2 rings (SSSR count). The lowest BCUT2D eigenvalue weighted by Gasteiger charge is -2.08. The van der Waals surface area contributed by atoms with E-state index in [2.05, 4.69) is 10.6 Å². The minimum Gasteiger partial charge on any atom is -0.467 e. The van der Waals surface area contributed by atoms with Crippen molar-refractivity contribution in [3.05, 3.63) is 52.4 Å². The van der Waals surface area contributed by atoms with Gasteiger partial charge in [0.05, 0.1) is 22.0 Å². The summed E-state index contributed by atoms with van der Waals surface area (Å²) in [7, 11) is 0. The minimum absolute atomic E-state index is 0.187. The first-order valence-electron chi connectivity index (χ1n) is 7.21. The van der Waals surface area contributed by atoms with Crippen LogP contribution in [0.3, 0.4) is 0 Å². The van der Waals surface area contributed by atoms with E-state index in [9.17, 15) is 9.59 Å². The number of carbonyl (C=O) groups is 2. The van der Waals surface area contributed by atoms with Gasteiger partial charge >= 0.3 is 11.8 Å². The number of hydrogen-bond acceptors (Lipinski definition) is 4. The smallest absolute Gasteiger partial charge is 0.313 e. The second kappa shape index (κ2) is 9.32. The summed E-state index contributed by atoms with van der Waals surface area (Å²) in [4.78, 5) is 23.5. The predicted octanol–water partition coefficient (Wildman–Crippen LogP) is 3.25. The summed E-state index contributed by atoms with van der Waals surface area (Å²) in [6, 6.07) is 8.36. The third-order valence-electron chi connectivity index (χ3n) is 2.98. The van der Waals surface area contributed by atoms with Crippen LogP contribution in [0.2, 0.25) is 10.0 Å². The van der Waals surface area contributed by atoms with Crippen molar-refractivity contribution >= 4 is 40.7 Å². The molecule has 1 aromatic carbocycles. The number of benzene rings is 1. The summed E-state index contributed by atoms with van der Waals surface area (Å²) in [6.07, 6.45) is 2.14. The maximum Gasteiger partial charge on any atom is 0.313 e. The van der Waals surface area contributed by atoms with E-state index >= 15 is 0 Å². The number of halogens is 2. The van der Waals surface area contributed by atoms with Crippen LogP contribution in [0.1, 0.15) is 12.2 Å². The maximum atomic E-state index is 11.8. The van der Waals surface area contributed by atoms with Crippen LogP contribution in [0.15, 0.2) is 41.0 Å². The minimum atomic E-state index is -0.810. The Hall–Kier alpha value is -2.02. The first kappa shape index (κ1) is 18.3. The average Bonchev–Trinajstić information content (AvgIpc) is 3.08. The molecule has 2 aromatic rings. The highest BCUT2D eigenvalue weighted by Crippen LogP contribution is 2.29. The summed E-state index contributed by atoms with van der Waals surface area (Å²) in [6.45, 7) is 1.12. The molecule has 0 saturated heterocycles. The van der Waals surface area contributed by atoms with Crippen molar-refractivity contribution in [3.8, 4) is 0 Å². The van der Waals surface area contributed by atoms with Gasteiger partial charge in [0, 0.05) is 13.2 Å². The van der Waals surface area contributed by atoms with Gasteiger partial charge in [0.1, 0.15) is 12.4 Å². The van der Waals surface area contributed by atoms with Crippen molar-refractivity contribution in [3.63, 3.8) is 0 Å². The van der Waals surface area contributed by atoms with E-state index in [0.717, 1.165) is 5.76 Å². The van der Waals surface area contributed by atoms with Crippen molar-refractivity contribution in [1.29, 1.82) is 0 Å². The van der Waals surface area contributed by atoms with Gasteiger partial charge in [-0.15, -0.1) is 0 Å². The van der Waals surface area contributed by atoms with Crippen molar-refractivity contribution in [2.45, 2.75) is 13.0 Å². The zero-order chi connectivity index (χ0) is 17.4. The first-order chi connectivity index (χ1) is 11.6. The number of ether oxygens (including phenoxy) is 1. The molecule has 0 spiro atoms. The Bertz CT molecular complexity index is 689. The molecule has 0 aliphatic carbocycles. The molecular weight excluding hydrogens is 355 g/mol. The Morgan fingerprint density at radius 3 is 2.71 bits per heavy atom. The molecule has 24 heavy (non-hydrogen) atoms. The fraction of sp³-hybridized carbons (Fsp3) is 0.250. The third-order valence-corrected chi connectivity index (χ3v) is 3.80. The summed E-state index contributed by atoms with van der Waals surface area (Å²) in [5.41, 5.74) is 0.283. The number of furan rings is 1. The highest BCUT2D eigenvalue weighted by atomic mass is 35.5. The lowest BCUT2D eigenvalue weighted by molar-refractivity contribution is -0.136. The largest absolute Gasteiger partial charge is 0.467 e. The monoisotopic (exact) mass is 370 g/mol. The molecule has 0 saturated carbocycles. The molecular formula is C16H16Cl2N2O4. The van der Waals surface area contributed by atoms with Gasteiger partial charge in [-0.25, -0.2) is 0 Å². The zero-order valence-corrected chi connectivity index (χ0v) is 14.2. The number of rotatable bonds is 7. The molecule has 0 aliphatic heterocycles. The van der Waals surface area contributed by atoms with Crippen LogP contribution in [-0.4, -0.2) is 25.0 Å². The highest BCUT2D eigenvalue weighted by molar-refractivity contribution is 6.45. The van der Waals surface area contributed by atoms with Gasteiger partial charge in [-0.1, -0.05) is 29.3 Å². The lowest BCUT2D eigenvalue weighted by atomic mass is 10.3. The molecule has 1 heterocycles. The van der Waals surface area contributed by atoms with Crippen LogP contribution in [-0.2, 0) is 20.9 Å². The average molecular weight is 371 g/mol. The molecule has 6 nitrogen and oxygen atoms in total. The number of hydrogen-bond donors (Lipinski definition) is 2. The highest BCUT2D eigenvalue weighted by Gasteiger charge is 2.15. The second-order valence-electron chi connectivity index (χ2n) is 4.80. The van der Waals surface area contributed by atoms with Crippen molar-refractivity contribution in [2.24, 2.45) is 0 Å². The molecule has 8 heteroatoms. The molecule has 2 N–H and O–H groups in total. The summed E-state index contributed by atoms with van der Waals surface area (Å²) >= 11 is 11.8. The zero-order valence-electron chi connectivity index (χ0n) is 12.7. The normalized spacial score (nSPS) is 10.4. The van der Waals surface area contributed by atoms with Gasteiger partial charge in [0.2, 0.25) is 0 Å². The Morgan fingerprint density at radius 2 is 1.96 bits per heavy atom. The van der Waals surface area contributed by atoms with Gasteiger partial charge in [0.25, 0.3) is 0 Å². The molecule has 2 amide bonds. The molecule has 0 radical (unpaired) electrons. The second-order valence-corrected chi connectivity index (χ2v) is 5.58. The Balaban J connectivity index is 1.64. The number of nitrogens with one attached hydrogen (secondary N) is 2. The molecule has 0 aliphatic rings. The fourth-order valence-electron chi connectivity index (χ4n) is 1.80. The summed E-state index contributed by atoms with van der Waals surface area (Å²) in [5, 5.41) is 5.39. The third kappa shape index (κ3) is 5.56. The van der Waals surface area contributed by atoms with Gasteiger partial charge in [0.15, 0.2) is 0 Å². The van der Waals surface area contributed by atoms with Crippen LogP contribution in [0.5, 0.6) is 0 Å². The Morgan fingerprint density at radius 1 is 1.12 bits per heavy atom. The topological polar surface area (TPSA) is 80.6 Å². The van der Waals surface area contributed by atoms with E-state index in [1.807, 2.05) is 6.07 Å². The van der Waals surface area contributed by atoms with E-state index in [4.69, 9.17) is 32.4 Å². The van der Waals surface area contributed by atoms with Gasteiger partial charge in [-0.3, -0.25) is 9.59 Å². The van der Waals surface area contributed by atoms with Gasteiger partial charge < -0.3 is 19.8 Å². The Labute approximate surface area is 149 Å². The van der Waals surface area contributed by atoms with Crippen molar-refractivity contribution in [2.75, 3.05) is 18.5 Å². The number of carbonyl (C=O) groups excluding carboxylic acids is 2. The Kier molecular flexibility index (Phi) is 7.11. The molecule has 0 fully saturated rings. The SMILES string of the molecule is O=C(NCCCOCc1ccco1)C(=O)Nc1cccc(Cl)c1Cl. The van der Waals surface area contributed by atoms with E-state index in [-0.39, 0.29) is 10.7 Å². The van der Waals surface area contributed by atoms with Crippen LogP contribution < -0.4 is 10.6 Å². The van der Waals surface area contributed by atoms with E-state index < -0.39 is 11.8 Å². The lowest BCUT2D eigenvalue weighted by Crippen LogP contribution is -2.36. The van der Waals surface area contributed by atoms with Crippen LogP contribution in [0.25, 0.3) is 0 Å². The van der Waals surface area contributed by atoms with Gasteiger partial charge in [-0.05, 0) is 30.7 Å². The quantitative estimate of drug-likeness (QED) is 0.578. The molecule has 0 atom stereocenters. The van der Waals surface area contributed by atoms with Gasteiger partial charge in [-0.2, -0.15) is 0 Å². The first-order valence-corrected chi connectivity index (χ1v) is 7.97. The number of amides is 2. The fourth-order valence-corrected chi connectivity index (χ4v) is 2.15. The van der Waals surface area contributed by atoms with Crippen LogP contribution in [0.4, 0.5) is 5.69 Å². The summed E-state index contributed by atoms with van der Waals surface area (Å²) in [5.74, 6) is -0.829. The van der Waals surface area contributed by atoms with Crippen molar-refractivity contribution < 1.29 is 18.7 Å². The molecule has 0 unspecified atom stereocenters. The molecule has 128 valence electrons. The standard InChI is InChI=1S/C16H16Cl2N2O4/c17-12-5-1-6-13(14(12)18)20-16(22)15(21)19-7-3-8-23-10-11-4-2-9-24-11/h1-2,4-6,9H,3,7-8,10H2,(H,19,21)(H,20,22). The van der Waals surface area contributed by atoms with E-state index in [0.29, 0.717) is 31.2 Å². The van der Waals surface area contributed by atoms with Crippen molar-refractivity contribution in [1.82, 2.24) is 5.32 Å². The molecule has 0 bridgehead atoms. The molecule has 1 aromatic heterocycles. The van der Waals surface area contributed by atoms with Crippen LogP contribution in [0, 0.1) is 0 Å². The summed E-state index contributed by atoms with van der Waals surface area (Å²) < 4.78 is 10.5. The van der Waals surface area contributed by atoms with Crippen LogP contribution >= 0.6 is 23.2 Å². The number of anilines is 1. The predicted molar refractivity (Wildman–Crippen MR) is 91.1 cm³/mol. The van der Waals surface area contributed by atoms with E-state index in [1.165, 1.54) is 0 Å². The van der Waals surface area contributed by atoms with E-state index in [1.54, 1.807) is 30.5 Å².